The monoisotopic (exact) mass is 641 g/mol. The van der Waals surface area contributed by atoms with E-state index in [0.717, 1.165) is 27.8 Å². The second-order valence-corrected chi connectivity index (χ2v) is 13.4. The van der Waals surface area contributed by atoms with Gasteiger partial charge in [0, 0.05) is 37.1 Å². The number of nitrogens with one attached hydrogen (secondary N) is 2. The van der Waals surface area contributed by atoms with Crippen molar-refractivity contribution in [2.45, 2.75) is 52.7 Å². The molecule has 4 aromatic rings. The molecule has 2 heterocycles. The van der Waals surface area contributed by atoms with E-state index in [2.05, 4.69) is 15.5 Å². The molecule has 3 aromatic carbocycles. The first-order chi connectivity index (χ1) is 22.1. The molecule has 3 amide bonds. The number of anilines is 3. The Hall–Kier alpha value is -5.19. The Morgan fingerprint density at radius 2 is 1.38 bits per heavy atom. The Morgan fingerprint density at radius 3 is 2.04 bits per heavy atom. The number of nitrogens with zero attached hydrogens (tertiary/aromatic N) is 3. The average Bonchev–Trinajstić information content (AvgIpc) is 3.00. The zero-order chi connectivity index (χ0) is 33.9. The Morgan fingerprint density at radius 1 is 0.723 bits per heavy atom. The van der Waals surface area contributed by atoms with Crippen LogP contribution in [0.5, 0.6) is 0 Å². The lowest BCUT2D eigenvalue weighted by Crippen LogP contribution is -2.50. The first-order valence-electron chi connectivity index (χ1n) is 15.5. The van der Waals surface area contributed by atoms with Gasteiger partial charge in [-0.15, -0.1) is 0 Å². The largest absolute Gasteiger partial charge is 0.444 e. The van der Waals surface area contributed by atoms with Crippen molar-refractivity contribution in [3.05, 3.63) is 84.2 Å². The molecule has 11 heteroatoms. The summed E-state index contributed by atoms with van der Waals surface area (Å²) in [6.45, 7) is 13.1. The summed E-state index contributed by atoms with van der Waals surface area (Å²) in [5.74, 6) is 0.0379. The van der Waals surface area contributed by atoms with Gasteiger partial charge >= 0.3 is 12.2 Å². The van der Waals surface area contributed by atoms with Crippen molar-refractivity contribution < 1.29 is 28.2 Å². The smallest absolute Gasteiger partial charge is 0.412 e. The van der Waals surface area contributed by atoms with Gasteiger partial charge < -0.3 is 24.6 Å². The molecule has 1 aromatic heterocycles. The Kier molecular flexibility index (Phi) is 9.37. The predicted octanol–water partition coefficient (Wildman–Crippen LogP) is 7.70. The SMILES string of the molecule is CC(C)(C)OC(=O)Nc1ccc(-c2ccc(F)cc2)cc1NC(=O)c1ccc2nc(N3CCN(C(=O)OC(C)(C)C)CC3)ccc2c1. The van der Waals surface area contributed by atoms with Gasteiger partial charge in [0.05, 0.1) is 16.9 Å². The Labute approximate surface area is 273 Å². The first-order valence-corrected chi connectivity index (χ1v) is 15.5. The average molecular weight is 642 g/mol. The molecule has 0 spiro atoms. The van der Waals surface area contributed by atoms with Gasteiger partial charge in [0.25, 0.3) is 5.91 Å². The van der Waals surface area contributed by atoms with Gasteiger partial charge in [-0.1, -0.05) is 18.2 Å². The molecule has 0 bridgehead atoms. The van der Waals surface area contributed by atoms with E-state index in [0.29, 0.717) is 43.1 Å². The number of aromatic nitrogens is 1. The van der Waals surface area contributed by atoms with Crippen LogP contribution in [0, 0.1) is 5.82 Å². The van der Waals surface area contributed by atoms with Crippen molar-refractivity contribution >= 4 is 46.2 Å². The number of rotatable bonds is 5. The molecule has 0 unspecified atom stereocenters. The normalized spacial score (nSPS) is 13.7. The van der Waals surface area contributed by atoms with Crippen molar-refractivity contribution in [3.63, 3.8) is 0 Å². The number of hydrogen-bond acceptors (Lipinski definition) is 7. The highest BCUT2D eigenvalue weighted by Gasteiger charge is 2.26. The molecule has 1 aliphatic rings. The number of hydrogen-bond donors (Lipinski definition) is 2. The number of fused-ring (bicyclic) bond motifs is 1. The van der Waals surface area contributed by atoms with Crippen LogP contribution in [0.15, 0.2) is 72.8 Å². The van der Waals surface area contributed by atoms with Crippen LogP contribution in [0.4, 0.5) is 31.2 Å². The number of amides is 3. The van der Waals surface area contributed by atoms with E-state index < -0.39 is 23.2 Å². The maximum Gasteiger partial charge on any atom is 0.412 e. The Bertz CT molecular complexity index is 1790. The van der Waals surface area contributed by atoms with Crippen LogP contribution in [0.25, 0.3) is 22.0 Å². The molecule has 246 valence electrons. The minimum absolute atomic E-state index is 0.315. The molecule has 2 N–H and O–H groups in total. The van der Waals surface area contributed by atoms with Gasteiger partial charge in [0.1, 0.15) is 22.8 Å². The summed E-state index contributed by atoms with van der Waals surface area (Å²) < 4.78 is 24.5. The van der Waals surface area contributed by atoms with Crippen LogP contribution in [-0.2, 0) is 9.47 Å². The third kappa shape index (κ3) is 8.75. The second-order valence-electron chi connectivity index (χ2n) is 13.4. The lowest BCUT2D eigenvalue weighted by molar-refractivity contribution is 0.0240. The second kappa shape index (κ2) is 13.3. The zero-order valence-electron chi connectivity index (χ0n) is 27.5. The van der Waals surface area contributed by atoms with Crippen LogP contribution in [0.3, 0.4) is 0 Å². The summed E-state index contributed by atoms with van der Waals surface area (Å²) in [5.41, 5.74) is 2.01. The molecule has 0 radical (unpaired) electrons. The molecule has 0 aliphatic carbocycles. The van der Waals surface area contributed by atoms with Gasteiger partial charge in [0.2, 0.25) is 0 Å². The van der Waals surface area contributed by atoms with E-state index >= 15 is 0 Å². The summed E-state index contributed by atoms with van der Waals surface area (Å²) in [6.07, 6.45) is -0.981. The lowest BCUT2D eigenvalue weighted by Gasteiger charge is -2.36. The van der Waals surface area contributed by atoms with Crippen molar-refractivity contribution in [2.75, 3.05) is 41.7 Å². The number of pyridine rings is 1. The maximum atomic E-state index is 13.6. The van der Waals surface area contributed by atoms with E-state index in [9.17, 15) is 18.8 Å². The van der Waals surface area contributed by atoms with Crippen molar-refractivity contribution in [1.29, 1.82) is 0 Å². The van der Waals surface area contributed by atoms with Crippen molar-refractivity contribution in [2.24, 2.45) is 0 Å². The molecule has 1 fully saturated rings. The van der Waals surface area contributed by atoms with E-state index in [1.165, 1.54) is 12.1 Å². The summed E-state index contributed by atoms with van der Waals surface area (Å²) in [6, 6.07) is 20.2. The van der Waals surface area contributed by atoms with E-state index in [1.54, 1.807) is 74.2 Å². The molecule has 1 aliphatic heterocycles. The predicted molar refractivity (Wildman–Crippen MR) is 181 cm³/mol. The highest BCUT2D eigenvalue weighted by Crippen LogP contribution is 2.31. The lowest BCUT2D eigenvalue weighted by atomic mass is 10.0. The van der Waals surface area contributed by atoms with Crippen LogP contribution in [0.1, 0.15) is 51.9 Å². The van der Waals surface area contributed by atoms with Gasteiger partial charge in [-0.3, -0.25) is 10.1 Å². The number of ether oxygens (including phenoxy) is 2. The number of piperazine rings is 1. The highest BCUT2D eigenvalue weighted by atomic mass is 19.1. The third-order valence-corrected chi connectivity index (χ3v) is 7.27. The molecule has 0 saturated carbocycles. The fourth-order valence-electron chi connectivity index (χ4n) is 5.06. The fraction of sp³-hybridized carbons (Fsp3) is 0.333. The summed E-state index contributed by atoms with van der Waals surface area (Å²) in [4.78, 5) is 47.2. The molecule has 47 heavy (non-hydrogen) atoms. The number of halogens is 1. The van der Waals surface area contributed by atoms with Gasteiger partial charge in [-0.2, -0.15) is 0 Å². The minimum atomic E-state index is -0.713. The standard InChI is InChI=1S/C36H40FN5O5/c1-35(2,3)46-33(44)40-29-15-9-24(23-7-12-27(37)13-8-23)22-30(29)39-32(43)26-10-14-28-25(21-26)11-16-31(38-28)41-17-19-42(20-18-41)34(45)47-36(4,5)6/h7-16,21-22H,17-20H2,1-6H3,(H,39,43)(H,40,44). The van der Waals surface area contributed by atoms with Crippen LogP contribution < -0.4 is 15.5 Å². The van der Waals surface area contributed by atoms with Crippen LogP contribution in [0.2, 0.25) is 0 Å². The molecule has 5 rings (SSSR count). The molecule has 10 nitrogen and oxygen atoms in total. The molecular weight excluding hydrogens is 601 g/mol. The van der Waals surface area contributed by atoms with E-state index in [-0.39, 0.29) is 11.9 Å². The van der Waals surface area contributed by atoms with Crippen LogP contribution in [-0.4, -0.2) is 65.4 Å². The summed E-state index contributed by atoms with van der Waals surface area (Å²) in [5, 5.41) is 6.41. The summed E-state index contributed by atoms with van der Waals surface area (Å²) in [7, 11) is 0. The molecular formula is C36H40FN5O5. The van der Waals surface area contributed by atoms with Gasteiger partial charge in [-0.25, -0.2) is 19.0 Å². The van der Waals surface area contributed by atoms with Crippen molar-refractivity contribution in [3.8, 4) is 11.1 Å². The van der Waals surface area contributed by atoms with Gasteiger partial charge in [0.15, 0.2) is 0 Å². The van der Waals surface area contributed by atoms with E-state index in [4.69, 9.17) is 14.5 Å². The fourth-order valence-corrected chi connectivity index (χ4v) is 5.06. The van der Waals surface area contributed by atoms with Gasteiger partial charge in [-0.05, 0) is 107 Å². The van der Waals surface area contributed by atoms with E-state index in [1.807, 2.05) is 32.9 Å². The maximum absolute atomic E-state index is 13.6. The number of carbonyl (C=O) groups excluding carboxylic acids is 3. The molecule has 0 atom stereocenters. The quantitative estimate of drug-likeness (QED) is 0.230. The number of benzene rings is 3. The molecule has 1 saturated heterocycles. The first kappa shape index (κ1) is 33.2. The zero-order valence-corrected chi connectivity index (χ0v) is 27.5. The summed E-state index contributed by atoms with van der Waals surface area (Å²) >= 11 is 0. The minimum Gasteiger partial charge on any atom is -0.444 e. The third-order valence-electron chi connectivity index (χ3n) is 7.27. The topological polar surface area (TPSA) is 113 Å². The van der Waals surface area contributed by atoms with Crippen molar-refractivity contribution in [1.82, 2.24) is 9.88 Å². The number of carbonyl (C=O) groups is 3. The highest BCUT2D eigenvalue weighted by molar-refractivity contribution is 6.09. The van der Waals surface area contributed by atoms with Crippen LogP contribution >= 0.6 is 0 Å². The Balaban J connectivity index is 1.32.